The summed E-state index contributed by atoms with van der Waals surface area (Å²) in [6.07, 6.45) is 3.88. The molecule has 1 aliphatic heterocycles. The maximum Gasteiger partial charge on any atom is 0.266 e. The van der Waals surface area contributed by atoms with Crippen LogP contribution in [0, 0.1) is 0 Å². The second-order valence-electron chi connectivity index (χ2n) is 4.71. The summed E-state index contributed by atoms with van der Waals surface area (Å²) in [6, 6.07) is 12.0. The van der Waals surface area contributed by atoms with E-state index in [0.29, 0.717) is 15.8 Å². The van der Waals surface area contributed by atoms with Gasteiger partial charge in [0.2, 0.25) is 0 Å². The second kappa shape index (κ2) is 6.40. The third-order valence-corrected chi connectivity index (χ3v) is 5.26. The lowest BCUT2D eigenvalue weighted by molar-refractivity contribution is -0.121. The number of nitrogens with zero attached hydrogens (tertiary/aromatic N) is 2. The monoisotopic (exact) mass is 392 g/mol. The lowest BCUT2D eigenvalue weighted by atomic mass is 10.3. The van der Waals surface area contributed by atoms with Crippen LogP contribution in [-0.2, 0) is 4.79 Å². The average molecular weight is 393 g/mol. The van der Waals surface area contributed by atoms with Crippen LogP contribution in [0.1, 0.15) is 12.6 Å². The molecule has 0 aliphatic carbocycles. The zero-order valence-electron chi connectivity index (χ0n) is 11.8. The Morgan fingerprint density at radius 2 is 2.00 bits per heavy atom. The Morgan fingerprint density at radius 1 is 1.27 bits per heavy atom. The molecule has 1 aromatic heterocycles. The smallest absolute Gasteiger partial charge is 0.266 e. The molecule has 0 radical (unpaired) electrons. The standard InChI is InChI=1S/C16H13BrN2OS2/c1-2-18-15(20)14(22-16(18)21)10-13-4-3-9-19(13)12-7-5-11(17)6-8-12/h3-10H,2H2,1H3. The molecule has 0 saturated carbocycles. The predicted molar refractivity (Wildman–Crippen MR) is 99.0 cm³/mol. The molecule has 3 rings (SSSR count). The third-order valence-electron chi connectivity index (χ3n) is 3.35. The van der Waals surface area contributed by atoms with E-state index < -0.39 is 0 Å². The van der Waals surface area contributed by atoms with Crippen molar-refractivity contribution in [3.8, 4) is 5.69 Å². The molecule has 22 heavy (non-hydrogen) atoms. The summed E-state index contributed by atoms with van der Waals surface area (Å²) >= 11 is 10.0. The van der Waals surface area contributed by atoms with Crippen molar-refractivity contribution in [3.05, 3.63) is 57.7 Å². The van der Waals surface area contributed by atoms with Gasteiger partial charge in [-0.05, 0) is 49.4 Å². The molecule has 0 unspecified atom stereocenters. The minimum Gasteiger partial charge on any atom is -0.317 e. The molecule has 1 fully saturated rings. The lowest BCUT2D eigenvalue weighted by Gasteiger charge is -2.10. The molecule has 0 atom stereocenters. The quantitative estimate of drug-likeness (QED) is 0.569. The minimum atomic E-state index is -0.0129. The summed E-state index contributed by atoms with van der Waals surface area (Å²) in [6.45, 7) is 2.54. The average Bonchev–Trinajstić information content (AvgIpc) is 3.06. The van der Waals surface area contributed by atoms with Crippen molar-refractivity contribution in [2.24, 2.45) is 0 Å². The molecule has 1 aliphatic rings. The Balaban J connectivity index is 1.96. The van der Waals surface area contributed by atoms with Crippen molar-refractivity contribution in [3.63, 3.8) is 0 Å². The zero-order valence-corrected chi connectivity index (χ0v) is 15.0. The van der Waals surface area contributed by atoms with Crippen LogP contribution in [0.25, 0.3) is 11.8 Å². The van der Waals surface area contributed by atoms with E-state index in [9.17, 15) is 4.79 Å². The lowest BCUT2D eigenvalue weighted by Crippen LogP contribution is -2.27. The molecule has 3 nitrogen and oxygen atoms in total. The van der Waals surface area contributed by atoms with Crippen molar-refractivity contribution < 1.29 is 4.79 Å². The van der Waals surface area contributed by atoms with Gasteiger partial charge in [-0.25, -0.2) is 0 Å². The van der Waals surface area contributed by atoms with E-state index >= 15 is 0 Å². The summed E-state index contributed by atoms with van der Waals surface area (Å²) < 4.78 is 3.71. The summed E-state index contributed by atoms with van der Waals surface area (Å²) in [7, 11) is 0. The van der Waals surface area contributed by atoms with E-state index in [0.717, 1.165) is 15.9 Å². The number of halogens is 1. The van der Waals surface area contributed by atoms with Crippen molar-refractivity contribution in [1.29, 1.82) is 0 Å². The highest BCUT2D eigenvalue weighted by molar-refractivity contribution is 9.10. The Morgan fingerprint density at radius 3 is 2.64 bits per heavy atom. The molecular weight excluding hydrogens is 380 g/mol. The number of amides is 1. The molecule has 0 N–H and O–H groups in total. The molecule has 6 heteroatoms. The van der Waals surface area contributed by atoms with Crippen molar-refractivity contribution in [2.75, 3.05) is 6.54 Å². The van der Waals surface area contributed by atoms with Crippen LogP contribution in [0.3, 0.4) is 0 Å². The summed E-state index contributed by atoms with van der Waals surface area (Å²) in [5.74, 6) is -0.0129. The van der Waals surface area contributed by atoms with Gasteiger partial charge >= 0.3 is 0 Å². The van der Waals surface area contributed by atoms with Crippen LogP contribution in [-0.4, -0.2) is 26.2 Å². The summed E-state index contributed by atoms with van der Waals surface area (Å²) in [5.41, 5.74) is 2.00. The first-order valence-corrected chi connectivity index (χ1v) is 8.80. The van der Waals surface area contributed by atoms with Crippen molar-refractivity contribution in [1.82, 2.24) is 9.47 Å². The number of likely N-dealkylation sites (N-methyl/N-ethyl adjacent to an activating group) is 1. The van der Waals surface area contributed by atoms with Crippen LogP contribution in [0.4, 0.5) is 0 Å². The first-order valence-electron chi connectivity index (χ1n) is 6.79. The molecular formula is C16H13BrN2OS2. The van der Waals surface area contributed by atoms with Gasteiger partial charge in [-0.1, -0.05) is 39.9 Å². The van der Waals surface area contributed by atoms with Crippen molar-refractivity contribution >= 4 is 56.2 Å². The van der Waals surface area contributed by atoms with E-state index in [1.54, 1.807) is 4.90 Å². The van der Waals surface area contributed by atoms with E-state index in [-0.39, 0.29) is 5.91 Å². The maximum atomic E-state index is 12.3. The van der Waals surface area contributed by atoms with Gasteiger partial charge in [0.1, 0.15) is 4.32 Å². The first-order chi connectivity index (χ1) is 10.6. The SMILES string of the molecule is CCN1C(=O)C(=Cc2cccn2-c2ccc(Br)cc2)SC1=S. The fourth-order valence-electron chi connectivity index (χ4n) is 2.26. The highest BCUT2D eigenvalue weighted by atomic mass is 79.9. The number of thioether (sulfide) groups is 1. The second-order valence-corrected chi connectivity index (χ2v) is 7.30. The zero-order chi connectivity index (χ0) is 15.7. The molecule has 1 saturated heterocycles. The first kappa shape index (κ1) is 15.5. The van der Waals surface area contributed by atoms with Crippen LogP contribution >= 0.6 is 39.9 Å². The van der Waals surface area contributed by atoms with Gasteiger partial charge in [-0.2, -0.15) is 0 Å². The van der Waals surface area contributed by atoms with Gasteiger partial charge in [0, 0.05) is 28.6 Å². The topological polar surface area (TPSA) is 25.2 Å². The van der Waals surface area contributed by atoms with Gasteiger partial charge in [-0.3, -0.25) is 9.69 Å². The number of rotatable bonds is 3. The van der Waals surface area contributed by atoms with Crippen molar-refractivity contribution in [2.45, 2.75) is 6.92 Å². The summed E-state index contributed by atoms with van der Waals surface area (Å²) in [4.78, 5) is 14.6. The Hall–Kier alpha value is -1.37. The van der Waals surface area contributed by atoms with E-state index in [2.05, 4.69) is 15.9 Å². The van der Waals surface area contributed by atoms with E-state index in [1.165, 1.54) is 11.8 Å². The third kappa shape index (κ3) is 2.91. The van der Waals surface area contributed by atoms with Gasteiger partial charge < -0.3 is 4.57 Å². The highest BCUT2D eigenvalue weighted by Crippen LogP contribution is 2.32. The fourth-order valence-corrected chi connectivity index (χ4v) is 3.89. The van der Waals surface area contributed by atoms with Gasteiger partial charge in [0.15, 0.2) is 0 Å². The Bertz CT molecular complexity index is 765. The molecule has 2 heterocycles. The van der Waals surface area contributed by atoms with Crippen LogP contribution in [0.5, 0.6) is 0 Å². The van der Waals surface area contributed by atoms with Crippen LogP contribution in [0.15, 0.2) is 52.0 Å². The number of benzene rings is 1. The van der Waals surface area contributed by atoms with Gasteiger partial charge in [0.05, 0.1) is 4.91 Å². The van der Waals surface area contributed by atoms with Crippen LogP contribution in [0.2, 0.25) is 0 Å². The molecule has 2 aromatic rings. The van der Waals surface area contributed by atoms with Crippen LogP contribution < -0.4 is 0 Å². The number of thiocarbonyl (C=S) groups is 1. The fraction of sp³-hybridized carbons (Fsp3) is 0.125. The molecule has 1 amide bonds. The number of hydrogen-bond donors (Lipinski definition) is 0. The number of carbonyl (C=O) groups is 1. The minimum absolute atomic E-state index is 0.0129. The normalized spacial score (nSPS) is 16.8. The maximum absolute atomic E-state index is 12.3. The van der Waals surface area contributed by atoms with E-state index in [1.807, 2.05) is 60.2 Å². The Labute approximate surface area is 147 Å². The number of hydrogen-bond acceptors (Lipinski definition) is 3. The van der Waals surface area contributed by atoms with Gasteiger partial charge in [0.25, 0.3) is 5.91 Å². The number of carbonyl (C=O) groups excluding carboxylic acids is 1. The molecule has 112 valence electrons. The van der Waals surface area contributed by atoms with Gasteiger partial charge in [-0.15, -0.1) is 0 Å². The molecule has 1 aromatic carbocycles. The molecule has 0 spiro atoms. The predicted octanol–water partition coefficient (Wildman–Crippen LogP) is 4.46. The summed E-state index contributed by atoms with van der Waals surface area (Å²) in [5, 5.41) is 0. The molecule has 0 bridgehead atoms. The largest absolute Gasteiger partial charge is 0.317 e. The Kier molecular flexibility index (Phi) is 4.52. The number of aromatic nitrogens is 1. The van der Waals surface area contributed by atoms with E-state index in [4.69, 9.17) is 12.2 Å². The highest BCUT2D eigenvalue weighted by Gasteiger charge is 2.30.